The number of carbonyl (C=O) groups is 2. The fourth-order valence-electron chi connectivity index (χ4n) is 1.71. The van der Waals surface area contributed by atoms with E-state index in [9.17, 15) is 9.59 Å². The van der Waals surface area contributed by atoms with E-state index in [0.29, 0.717) is 11.6 Å². The second-order valence-corrected chi connectivity index (χ2v) is 5.52. The lowest BCUT2D eigenvalue weighted by molar-refractivity contribution is -0.125. The van der Waals surface area contributed by atoms with Gasteiger partial charge in [0.15, 0.2) is 0 Å². The molecule has 0 aliphatic rings. The van der Waals surface area contributed by atoms with Crippen molar-refractivity contribution in [2.75, 3.05) is 33.7 Å². The van der Waals surface area contributed by atoms with Crippen molar-refractivity contribution in [1.29, 1.82) is 0 Å². The van der Waals surface area contributed by atoms with E-state index in [-0.39, 0.29) is 24.8 Å². The van der Waals surface area contributed by atoms with Gasteiger partial charge in [0.25, 0.3) is 0 Å². The summed E-state index contributed by atoms with van der Waals surface area (Å²) in [6.07, 6.45) is 1.13. The van der Waals surface area contributed by atoms with Crippen molar-refractivity contribution in [3.63, 3.8) is 0 Å². The molecule has 0 fully saturated rings. The summed E-state index contributed by atoms with van der Waals surface area (Å²) in [6, 6.07) is 7.07. The standard InChI is InChI=1S/C15H22ClN3O2/c1-19(2)9-3-8-17-15(21)11-18-14(20)10-12-4-6-13(16)7-5-12/h4-7H,3,8-11H2,1-2H3,(H,17,21)(H,18,20). The number of benzene rings is 1. The minimum Gasteiger partial charge on any atom is -0.355 e. The van der Waals surface area contributed by atoms with E-state index >= 15 is 0 Å². The molecule has 0 spiro atoms. The smallest absolute Gasteiger partial charge is 0.239 e. The minimum absolute atomic E-state index is 0.00832. The Morgan fingerprint density at radius 1 is 1.10 bits per heavy atom. The number of nitrogens with one attached hydrogen (secondary N) is 2. The van der Waals surface area contributed by atoms with E-state index in [1.54, 1.807) is 24.3 Å². The average molecular weight is 312 g/mol. The van der Waals surface area contributed by atoms with Crippen LogP contribution >= 0.6 is 11.6 Å². The Morgan fingerprint density at radius 3 is 2.38 bits per heavy atom. The average Bonchev–Trinajstić information content (AvgIpc) is 2.44. The summed E-state index contributed by atoms with van der Waals surface area (Å²) in [6.45, 7) is 1.54. The quantitative estimate of drug-likeness (QED) is 0.706. The van der Waals surface area contributed by atoms with Gasteiger partial charge < -0.3 is 15.5 Å². The zero-order chi connectivity index (χ0) is 15.7. The first-order chi connectivity index (χ1) is 9.97. The third kappa shape index (κ3) is 8.32. The first-order valence-corrected chi connectivity index (χ1v) is 7.27. The molecule has 0 heterocycles. The molecule has 0 aromatic heterocycles. The largest absolute Gasteiger partial charge is 0.355 e. The van der Waals surface area contributed by atoms with E-state index in [4.69, 9.17) is 11.6 Å². The summed E-state index contributed by atoms with van der Waals surface area (Å²) in [7, 11) is 3.97. The fourth-order valence-corrected chi connectivity index (χ4v) is 1.84. The van der Waals surface area contributed by atoms with Gasteiger partial charge >= 0.3 is 0 Å². The van der Waals surface area contributed by atoms with Crippen LogP contribution in [-0.4, -0.2) is 50.4 Å². The molecule has 1 aromatic rings. The van der Waals surface area contributed by atoms with Gasteiger partial charge in [-0.2, -0.15) is 0 Å². The van der Waals surface area contributed by atoms with Gasteiger partial charge in [-0.05, 0) is 44.8 Å². The normalized spacial score (nSPS) is 10.5. The Labute approximate surface area is 130 Å². The van der Waals surface area contributed by atoms with Crippen LogP contribution in [0.2, 0.25) is 5.02 Å². The molecule has 0 bridgehead atoms. The maximum atomic E-state index is 11.7. The van der Waals surface area contributed by atoms with Crippen molar-refractivity contribution in [1.82, 2.24) is 15.5 Å². The first-order valence-electron chi connectivity index (χ1n) is 6.90. The number of rotatable bonds is 8. The van der Waals surface area contributed by atoms with E-state index < -0.39 is 0 Å². The van der Waals surface area contributed by atoms with E-state index in [1.165, 1.54) is 0 Å². The van der Waals surface area contributed by atoms with Crippen LogP contribution in [0.3, 0.4) is 0 Å². The number of hydrogen-bond donors (Lipinski definition) is 2. The molecular formula is C15H22ClN3O2. The van der Waals surface area contributed by atoms with Gasteiger partial charge in [0.2, 0.25) is 11.8 Å². The van der Waals surface area contributed by atoms with Crippen LogP contribution < -0.4 is 10.6 Å². The van der Waals surface area contributed by atoms with E-state index in [2.05, 4.69) is 15.5 Å². The second-order valence-electron chi connectivity index (χ2n) is 5.09. The molecule has 0 atom stereocenters. The number of nitrogens with zero attached hydrogens (tertiary/aromatic N) is 1. The molecule has 116 valence electrons. The summed E-state index contributed by atoms with van der Waals surface area (Å²) < 4.78 is 0. The molecule has 0 aliphatic heterocycles. The highest BCUT2D eigenvalue weighted by atomic mass is 35.5. The van der Waals surface area contributed by atoms with Crippen LogP contribution in [0.4, 0.5) is 0 Å². The minimum atomic E-state index is -0.180. The van der Waals surface area contributed by atoms with Gasteiger partial charge in [-0.25, -0.2) is 0 Å². The third-order valence-electron chi connectivity index (χ3n) is 2.83. The summed E-state index contributed by atoms with van der Waals surface area (Å²) in [5, 5.41) is 6.00. The van der Waals surface area contributed by atoms with Gasteiger partial charge in [0.1, 0.15) is 0 Å². The molecule has 0 saturated heterocycles. The SMILES string of the molecule is CN(C)CCCNC(=O)CNC(=O)Cc1ccc(Cl)cc1. The lowest BCUT2D eigenvalue weighted by Gasteiger charge is -2.10. The van der Waals surface area contributed by atoms with Crippen molar-refractivity contribution >= 4 is 23.4 Å². The number of halogens is 1. The molecule has 5 nitrogen and oxygen atoms in total. The number of amides is 2. The molecule has 2 amide bonds. The van der Waals surface area contributed by atoms with Gasteiger partial charge in [-0.3, -0.25) is 9.59 Å². The number of carbonyl (C=O) groups excluding carboxylic acids is 2. The lowest BCUT2D eigenvalue weighted by Crippen LogP contribution is -2.38. The van der Waals surface area contributed by atoms with E-state index in [1.807, 2.05) is 14.1 Å². The molecule has 0 unspecified atom stereocenters. The highest BCUT2D eigenvalue weighted by Crippen LogP contribution is 2.09. The van der Waals surface area contributed by atoms with Crippen molar-refractivity contribution in [3.05, 3.63) is 34.9 Å². The van der Waals surface area contributed by atoms with Gasteiger partial charge in [0, 0.05) is 11.6 Å². The summed E-state index contributed by atoms with van der Waals surface area (Å²) in [4.78, 5) is 25.3. The van der Waals surface area contributed by atoms with Crippen molar-refractivity contribution in [3.8, 4) is 0 Å². The van der Waals surface area contributed by atoms with Gasteiger partial charge in [-0.1, -0.05) is 23.7 Å². The van der Waals surface area contributed by atoms with Crippen LogP contribution in [0.5, 0.6) is 0 Å². The van der Waals surface area contributed by atoms with Crippen LogP contribution in [0.15, 0.2) is 24.3 Å². The Kier molecular flexibility index (Phi) is 7.79. The molecule has 0 aliphatic carbocycles. The first kappa shape index (κ1) is 17.5. The molecule has 0 saturated carbocycles. The monoisotopic (exact) mass is 311 g/mol. The van der Waals surface area contributed by atoms with Crippen LogP contribution in [0.25, 0.3) is 0 Å². The van der Waals surface area contributed by atoms with Crippen molar-refractivity contribution < 1.29 is 9.59 Å². The van der Waals surface area contributed by atoms with Crippen molar-refractivity contribution in [2.24, 2.45) is 0 Å². The molecule has 2 N–H and O–H groups in total. The second kappa shape index (κ2) is 9.37. The topological polar surface area (TPSA) is 61.4 Å². The summed E-state index contributed by atoms with van der Waals surface area (Å²) in [5.74, 6) is -0.348. The van der Waals surface area contributed by atoms with Crippen molar-refractivity contribution in [2.45, 2.75) is 12.8 Å². The molecule has 6 heteroatoms. The van der Waals surface area contributed by atoms with Gasteiger partial charge in [-0.15, -0.1) is 0 Å². The van der Waals surface area contributed by atoms with Gasteiger partial charge in [0.05, 0.1) is 13.0 Å². The molecule has 0 radical (unpaired) electrons. The number of hydrogen-bond acceptors (Lipinski definition) is 3. The fraction of sp³-hybridized carbons (Fsp3) is 0.467. The van der Waals surface area contributed by atoms with Crippen LogP contribution in [0, 0.1) is 0 Å². The Bertz CT molecular complexity index is 460. The Morgan fingerprint density at radius 2 is 1.76 bits per heavy atom. The lowest BCUT2D eigenvalue weighted by atomic mass is 10.1. The third-order valence-corrected chi connectivity index (χ3v) is 3.08. The maximum absolute atomic E-state index is 11.7. The maximum Gasteiger partial charge on any atom is 0.239 e. The highest BCUT2D eigenvalue weighted by Gasteiger charge is 2.06. The molecule has 1 rings (SSSR count). The van der Waals surface area contributed by atoms with Crippen LogP contribution in [-0.2, 0) is 16.0 Å². The Balaban J connectivity index is 2.17. The predicted molar refractivity (Wildman–Crippen MR) is 84.3 cm³/mol. The summed E-state index contributed by atoms with van der Waals surface area (Å²) in [5.41, 5.74) is 0.864. The molecule has 1 aromatic carbocycles. The molecular weight excluding hydrogens is 290 g/mol. The zero-order valence-electron chi connectivity index (χ0n) is 12.5. The highest BCUT2D eigenvalue weighted by molar-refractivity contribution is 6.30. The van der Waals surface area contributed by atoms with E-state index in [0.717, 1.165) is 18.5 Å². The summed E-state index contributed by atoms with van der Waals surface area (Å²) >= 11 is 5.77. The Hall–Kier alpha value is -1.59. The van der Waals surface area contributed by atoms with Crippen LogP contribution in [0.1, 0.15) is 12.0 Å². The molecule has 21 heavy (non-hydrogen) atoms. The zero-order valence-corrected chi connectivity index (χ0v) is 13.2. The predicted octanol–water partition coefficient (Wildman–Crippen LogP) is 1.07.